The lowest BCUT2D eigenvalue weighted by atomic mass is 10.0. The summed E-state index contributed by atoms with van der Waals surface area (Å²) in [7, 11) is -3.17. The van der Waals surface area contributed by atoms with Crippen molar-refractivity contribution in [3.05, 3.63) is 84.1 Å². The van der Waals surface area contributed by atoms with Crippen molar-refractivity contribution in [2.45, 2.75) is 18.8 Å². The second-order valence-corrected chi connectivity index (χ2v) is 9.80. The third-order valence-corrected chi connectivity index (χ3v) is 5.79. The summed E-state index contributed by atoms with van der Waals surface area (Å²) >= 11 is 0. The van der Waals surface area contributed by atoms with Gasteiger partial charge in [0.15, 0.2) is 21.4 Å². The molecule has 0 fully saturated rings. The third kappa shape index (κ3) is 5.35. The summed E-state index contributed by atoms with van der Waals surface area (Å²) in [5.74, 6) is 0.0112. The summed E-state index contributed by atoms with van der Waals surface area (Å²) in [5.41, 5.74) is 9.30. The van der Waals surface area contributed by atoms with Crippen LogP contribution in [0, 0.1) is 5.82 Å². The van der Waals surface area contributed by atoms with Crippen LogP contribution in [0.2, 0.25) is 0 Å². The van der Waals surface area contributed by atoms with E-state index in [4.69, 9.17) is 10.5 Å². The van der Waals surface area contributed by atoms with Crippen LogP contribution in [-0.4, -0.2) is 34.7 Å². The van der Waals surface area contributed by atoms with E-state index in [9.17, 15) is 12.8 Å². The Hall–Kier alpha value is -3.79. The molecule has 2 heterocycles. The maximum atomic E-state index is 14.0. The number of aromatic nitrogens is 4. The maximum absolute atomic E-state index is 14.0. The third-order valence-electron chi connectivity index (χ3n) is 4.94. The lowest BCUT2D eigenvalue weighted by Gasteiger charge is -2.19. The standard InChI is InChI=1S/C23H22FN5O3S/c1-15(20-12-19(24)6-7-21(20)29-27-8-9-28-29)32-22-11-18(13-26-23(22)25)17-5-3-4-16(10-17)14-33(2,30)31/h3-13,15H,14H2,1-2H3,(H2,25,26)/t15-/m1/s1. The van der Waals surface area contributed by atoms with Crippen LogP contribution in [0.1, 0.15) is 24.2 Å². The minimum absolute atomic E-state index is 0.0621. The Morgan fingerprint density at radius 1 is 1.09 bits per heavy atom. The van der Waals surface area contributed by atoms with E-state index in [1.807, 2.05) is 6.07 Å². The quantitative estimate of drug-likeness (QED) is 0.440. The average Bonchev–Trinajstić information content (AvgIpc) is 3.29. The van der Waals surface area contributed by atoms with E-state index >= 15 is 0 Å². The highest BCUT2D eigenvalue weighted by atomic mass is 32.2. The van der Waals surface area contributed by atoms with Crippen molar-refractivity contribution in [3.63, 3.8) is 0 Å². The first kappa shape index (κ1) is 22.4. The molecular formula is C23H22FN5O3S. The molecule has 10 heteroatoms. The molecule has 33 heavy (non-hydrogen) atoms. The number of anilines is 1. The van der Waals surface area contributed by atoms with Gasteiger partial charge in [-0.3, -0.25) is 0 Å². The fraction of sp³-hybridized carbons (Fsp3) is 0.174. The molecule has 4 rings (SSSR count). The summed E-state index contributed by atoms with van der Waals surface area (Å²) in [4.78, 5) is 5.62. The van der Waals surface area contributed by atoms with Gasteiger partial charge >= 0.3 is 0 Å². The Morgan fingerprint density at radius 3 is 2.58 bits per heavy atom. The first-order valence-corrected chi connectivity index (χ1v) is 12.1. The van der Waals surface area contributed by atoms with Gasteiger partial charge in [0.25, 0.3) is 0 Å². The minimum atomic E-state index is -3.17. The van der Waals surface area contributed by atoms with E-state index in [0.717, 1.165) is 5.56 Å². The zero-order valence-electron chi connectivity index (χ0n) is 18.0. The number of nitrogens with two attached hydrogens (primary N) is 1. The largest absolute Gasteiger partial charge is 0.482 e. The smallest absolute Gasteiger partial charge is 0.166 e. The number of benzene rings is 2. The van der Waals surface area contributed by atoms with E-state index < -0.39 is 21.8 Å². The molecule has 0 amide bonds. The Labute approximate surface area is 190 Å². The number of hydrogen-bond donors (Lipinski definition) is 1. The SMILES string of the molecule is C[C@@H](Oc1cc(-c2cccc(CS(C)(=O)=O)c2)cnc1N)c1cc(F)ccc1-n1nccn1. The molecular weight excluding hydrogens is 445 g/mol. The van der Waals surface area contributed by atoms with Crippen LogP contribution in [0.4, 0.5) is 10.2 Å². The molecule has 2 aromatic heterocycles. The second-order valence-electron chi connectivity index (χ2n) is 7.66. The van der Waals surface area contributed by atoms with E-state index in [0.29, 0.717) is 28.1 Å². The molecule has 2 N–H and O–H groups in total. The zero-order valence-corrected chi connectivity index (χ0v) is 18.8. The van der Waals surface area contributed by atoms with Crippen molar-refractivity contribution >= 4 is 15.7 Å². The molecule has 0 unspecified atom stereocenters. The van der Waals surface area contributed by atoms with Crippen LogP contribution in [-0.2, 0) is 15.6 Å². The molecule has 0 aliphatic carbocycles. The van der Waals surface area contributed by atoms with Crippen LogP contribution in [0.3, 0.4) is 0 Å². The van der Waals surface area contributed by atoms with Gasteiger partial charge in [-0.1, -0.05) is 24.3 Å². The maximum Gasteiger partial charge on any atom is 0.166 e. The van der Waals surface area contributed by atoms with E-state index in [-0.39, 0.29) is 11.6 Å². The number of nitrogen functional groups attached to an aromatic ring is 1. The van der Waals surface area contributed by atoms with E-state index in [1.54, 1.807) is 43.5 Å². The molecule has 8 nitrogen and oxygen atoms in total. The summed E-state index contributed by atoms with van der Waals surface area (Å²) in [5, 5.41) is 8.24. The Morgan fingerprint density at radius 2 is 1.85 bits per heavy atom. The highest BCUT2D eigenvalue weighted by molar-refractivity contribution is 7.89. The highest BCUT2D eigenvalue weighted by Gasteiger charge is 2.18. The molecule has 170 valence electrons. The van der Waals surface area contributed by atoms with Gasteiger partial charge in [-0.2, -0.15) is 15.0 Å². The van der Waals surface area contributed by atoms with Crippen LogP contribution in [0.5, 0.6) is 5.75 Å². The second kappa shape index (κ2) is 8.99. The first-order chi connectivity index (χ1) is 15.7. The van der Waals surface area contributed by atoms with Gasteiger partial charge in [-0.25, -0.2) is 17.8 Å². The molecule has 2 aromatic carbocycles. The van der Waals surface area contributed by atoms with Crippen molar-refractivity contribution in [1.82, 2.24) is 20.0 Å². The average molecular weight is 468 g/mol. The van der Waals surface area contributed by atoms with Crippen molar-refractivity contribution in [1.29, 1.82) is 0 Å². The van der Waals surface area contributed by atoms with Crippen molar-refractivity contribution < 1.29 is 17.5 Å². The number of rotatable bonds is 7. The summed E-state index contributed by atoms with van der Waals surface area (Å²) in [6.07, 6.45) is 5.24. The summed E-state index contributed by atoms with van der Waals surface area (Å²) < 4.78 is 43.4. The molecule has 0 saturated heterocycles. The molecule has 4 aromatic rings. The summed E-state index contributed by atoms with van der Waals surface area (Å²) in [6.45, 7) is 1.76. The van der Waals surface area contributed by atoms with Gasteiger partial charge < -0.3 is 10.5 Å². The van der Waals surface area contributed by atoms with Crippen molar-refractivity contribution in [2.75, 3.05) is 12.0 Å². The summed E-state index contributed by atoms with van der Waals surface area (Å²) in [6, 6.07) is 13.2. The van der Waals surface area contributed by atoms with Gasteiger partial charge in [0.1, 0.15) is 11.9 Å². The van der Waals surface area contributed by atoms with Crippen molar-refractivity contribution in [2.24, 2.45) is 0 Å². The zero-order chi connectivity index (χ0) is 23.6. The molecule has 0 spiro atoms. The number of sulfone groups is 1. The van der Waals surface area contributed by atoms with Crippen LogP contribution in [0.25, 0.3) is 16.8 Å². The predicted molar refractivity (Wildman–Crippen MR) is 123 cm³/mol. The fourth-order valence-corrected chi connectivity index (χ4v) is 4.26. The van der Waals surface area contributed by atoms with E-state index in [2.05, 4.69) is 15.2 Å². The molecule has 0 radical (unpaired) electrons. The molecule has 0 aliphatic rings. The Balaban J connectivity index is 1.65. The Kier molecular flexibility index (Phi) is 6.10. The number of halogens is 1. The number of hydrogen-bond acceptors (Lipinski definition) is 7. The lowest BCUT2D eigenvalue weighted by molar-refractivity contribution is 0.226. The van der Waals surface area contributed by atoms with Gasteiger partial charge in [0.2, 0.25) is 0 Å². The van der Waals surface area contributed by atoms with Gasteiger partial charge in [0.05, 0.1) is 23.8 Å². The van der Waals surface area contributed by atoms with Crippen LogP contribution >= 0.6 is 0 Å². The van der Waals surface area contributed by atoms with Gasteiger partial charge in [-0.15, -0.1) is 0 Å². The van der Waals surface area contributed by atoms with Crippen LogP contribution < -0.4 is 10.5 Å². The molecule has 0 aliphatic heterocycles. The first-order valence-electron chi connectivity index (χ1n) is 10.0. The van der Waals surface area contributed by atoms with Gasteiger partial charge in [0, 0.05) is 23.6 Å². The van der Waals surface area contributed by atoms with Gasteiger partial charge in [-0.05, 0) is 42.3 Å². The van der Waals surface area contributed by atoms with E-state index in [1.165, 1.54) is 35.6 Å². The fourth-order valence-electron chi connectivity index (χ4n) is 3.48. The molecule has 0 saturated carbocycles. The molecule has 1 atom stereocenters. The highest BCUT2D eigenvalue weighted by Crippen LogP contribution is 2.32. The van der Waals surface area contributed by atoms with Crippen LogP contribution in [0.15, 0.2) is 67.1 Å². The number of pyridine rings is 1. The normalized spacial score (nSPS) is 12.5. The Bertz CT molecular complexity index is 1390. The lowest BCUT2D eigenvalue weighted by Crippen LogP contribution is -2.11. The monoisotopic (exact) mass is 467 g/mol. The number of nitrogens with zero attached hydrogens (tertiary/aromatic N) is 4. The minimum Gasteiger partial charge on any atom is -0.482 e. The molecule has 0 bridgehead atoms. The predicted octanol–water partition coefficient (Wildman–Crippen LogP) is 3.74. The number of ether oxygens (including phenoxy) is 1. The van der Waals surface area contributed by atoms with Crippen molar-refractivity contribution in [3.8, 4) is 22.6 Å². The topological polar surface area (TPSA) is 113 Å².